The summed E-state index contributed by atoms with van der Waals surface area (Å²) in [4.78, 5) is 19.9. The first-order valence-corrected chi connectivity index (χ1v) is 7.14. The number of aryl methyl sites for hydroxylation is 1. The lowest BCUT2D eigenvalue weighted by molar-refractivity contribution is 0.0690. The molecule has 4 nitrogen and oxygen atoms in total. The first kappa shape index (κ1) is 15.5. The zero-order valence-electron chi connectivity index (χ0n) is 11.4. The minimum Gasteiger partial charge on any atom is -0.478 e. The quantitative estimate of drug-likeness (QED) is 0.375. The largest absolute Gasteiger partial charge is 0.478 e. The van der Waals surface area contributed by atoms with Crippen molar-refractivity contribution < 1.29 is 9.90 Å². The van der Waals surface area contributed by atoms with Crippen molar-refractivity contribution in [2.45, 2.75) is 44.6 Å². The Kier molecular flexibility index (Phi) is 5.84. The predicted octanol–water partition coefficient (Wildman–Crippen LogP) is 3.11. The van der Waals surface area contributed by atoms with Gasteiger partial charge in [-0.15, -0.1) is 24.1 Å². The second-order valence-corrected chi connectivity index (χ2v) is 5.55. The molecule has 5 heteroatoms. The molecule has 19 heavy (non-hydrogen) atoms. The van der Waals surface area contributed by atoms with E-state index in [2.05, 4.69) is 15.9 Å². The Balaban J connectivity index is 3.03. The molecule has 1 heterocycles. The van der Waals surface area contributed by atoms with Gasteiger partial charge in [-0.3, -0.25) is 0 Å². The Hall–Kier alpha value is -1.54. The Morgan fingerprint density at radius 3 is 2.68 bits per heavy atom. The summed E-state index contributed by atoms with van der Waals surface area (Å²) < 4.78 is 0. The fourth-order valence-corrected chi connectivity index (χ4v) is 2.54. The number of carboxylic acids is 1. The van der Waals surface area contributed by atoms with Crippen molar-refractivity contribution in [3.63, 3.8) is 0 Å². The zero-order valence-corrected chi connectivity index (χ0v) is 12.3. The lowest BCUT2D eigenvalue weighted by Crippen LogP contribution is -2.10. The highest BCUT2D eigenvalue weighted by atomic mass is 32.2. The lowest BCUT2D eigenvalue weighted by Gasteiger charge is -2.11. The number of aromatic nitrogens is 2. The second kappa shape index (κ2) is 7.15. The zero-order chi connectivity index (χ0) is 14.4. The SMILES string of the molecule is C#CCCCSc1nc(C(C)C)nc(C)c1C(=O)O. The molecule has 1 aromatic heterocycles. The van der Waals surface area contributed by atoms with Gasteiger partial charge in [-0.25, -0.2) is 14.8 Å². The minimum atomic E-state index is -0.979. The summed E-state index contributed by atoms with van der Waals surface area (Å²) in [6, 6.07) is 0. The van der Waals surface area contributed by atoms with Gasteiger partial charge < -0.3 is 5.11 Å². The number of terminal acetylenes is 1. The van der Waals surface area contributed by atoms with E-state index in [4.69, 9.17) is 6.42 Å². The highest BCUT2D eigenvalue weighted by Gasteiger charge is 2.19. The van der Waals surface area contributed by atoms with Crippen LogP contribution >= 0.6 is 11.8 Å². The van der Waals surface area contributed by atoms with E-state index in [9.17, 15) is 9.90 Å². The van der Waals surface area contributed by atoms with Crippen molar-refractivity contribution >= 4 is 17.7 Å². The first-order valence-electron chi connectivity index (χ1n) is 6.15. The molecule has 0 aromatic carbocycles. The maximum Gasteiger partial charge on any atom is 0.340 e. The standard InChI is InChI=1S/C14H18N2O2S/c1-5-6-7-8-19-13-11(14(17)18)10(4)15-12(16-13)9(2)3/h1,9H,6-8H2,2-4H3,(H,17,18). The summed E-state index contributed by atoms with van der Waals surface area (Å²) >= 11 is 1.43. The predicted molar refractivity (Wildman–Crippen MR) is 76.6 cm³/mol. The molecule has 1 N–H and O–H groups in total. The molecule has 0 radical (unpaired) electrons. The fraction of sp³-hybridized carbons (Fsp3) is 0.500. The van der Waals surface area contributed by atoms with Gasteiger partial charge >= 0.3 is 5.97 Å². The minimum absolute atomic E-state index is 0.173. The number of aromatic carboxylic acids is 1. The lowest BCUT2D eigenvalue weighted by atomic mass is 10.2. The number of hydrogen-bond acceptors (Lipinski definition) is 4. The van der Waals surface area contributed by atoms with Crippen LogP contribution in [0.5, 0.6) is 0 Å². The van der Waals surface area contributed by atoms with Gasteiger partial charge in [0.2, 0.25) is 0 Å². The molecule has 0 atom stereocenters. The number of unbranched alkanes of at least 4 members (excludes halogenated alkanes) is 1. The van der Waals surface area contributed by atoms with Crippen LogP contribution in [0, 0.1) is 19.3 Å². The van der Waals surface area contributed by atoms with Crippen LogP contribution in [0.3, 0.4) is 0 Å². The van der Waals surface area contributed by atoms with E-state index in [0.29, 0.717) is 23.0 Å². The summed E-state index contributed by atoms with van der Waals surface area (Å²) in [5.74, 6) is 3.21. The van der Waals surface area contributed by atoms with Crippen molar-refractivity contribution in [2.24, 2.45) is 0 Å². The van der Waals surface area contributed by atoms with Crippen LogP contribution in [-0.2, 0) is 0 Å². The summed E-state index contributed by atoms with van der Waals surface area (Å²) in [7, 11) is 0. The number of rotatable bonds is 6. The molecule has 0 saturated heterocycles. The van der Waals surface area contributed by atoms with Crippen LogP contribution in [0.4, 0.5) is 0 Å². The molecular formula is C14H18N2O2S. The van der Waals surface area contributed by atoms with Crippen LogP contribution in [-0.4, -0.2) is 26.8 Å². The fourth-order valence-electron chi connectivity index (χ4n) is 1.52. The van der Waals surface area contributed by atoms with E-state index in [1.54, 1.807) is 6.92 Å². The normalized spacial score (nSPS) is 10.5. The van der Waals surface area contributed by atoms with Gasteiger partial charge in [-0.2, -0.15) is 0 Å². The van der Waals surface area contributed by atoms with E-state index in [1.807, 2.05) is 13.8 Å². The van der Waals surface area contributed by atoms with Gasteiger partial charge in [0.05, 0.1) is 5.69 Å². The summed E-state index contributed by atoms with van der Waals surface area (Å²) in [5.41, 5.74) is 0.723. The summed E-state index contributed by atoms with van der Waals surface area (Å²) in [6.45, 7) is 5.69. The molecule has 102 valence electrons. The number of carboxylic acid groups (broad SMARTS) is 1. The second-order valence-electron chi connectivity index (χ2n) is 4.46. The molecule has 0 unspecified atom stereocenters. The third-order valence-corrected chi connectivity index (χ3v) is 3.57. The van der Waals surface area contributed by atoms with Crippen molar-refractivity contribution in [3.8, 4) is 12.3 Å². The summed E-state index contributed by atoms with van der Waals surface area (Å²) in [5, 5.41) is 9.80. The van der Waals surface area contributed by atoms with E-state index in [0.717, 1.165) is 12.2 Å². The Morgan fingerprint density at radius 1 is 1.47 bits per heavy atom. The molecule has 0 aliphatic heterocycles. The molecule has 0 aliphatic carbocycles. The van der Waals surface area contributed by atoms with Gasteiger partial charge in [-0.05, 0) is 13.3 Å². The Labute approximate surface area is 118 Å². The molecule has 0 spiro atoms. The molecule has 1 rings (SSSR count). The van der Waals surface area contributed by atoms with Crippen LogP contribution in [0.1, 0.15) is 54.5 Å². The average molecular weight is 278 g/mol. The number of hydrogen-bond donors (Lipinski definition) is 1. The number of thioether (sulfide) groups is 1. The van der Waals surface area contributed by atoms with Crippen molar-refractivity contribution in [3.05, 3.63) is 17.1 Å². The van der Waals surface area contributed by atoms with Gasteiger partial charge in [0, 0.05) is 18.1 Å². The molecule has 0 saturated carbocycles. The first-order chi connectivity index (χ1) is 8.97. The van der Waals surface area contributed by atoms with Gasteiger partial charge in [0.1, 0.15) is 16.4 Å². The van der Waals surface area contributed by atoms with Crippen LogP contribution < -0.4 is 0 Å². The highest BCUT2D eigenvalue weighted by molar-refractivity contribution is 7.99. The molecule has 0 bridgehead atoms. The van der Waals surface area contributed by atoms with E-state index in [1.165, 1.54) is 11.8 Å². The maximum atomic E-state index is 11.3. The van der Waals surface area contributed by atoms with E-state index >= 15 is 0 Å². The van der Waals surface area contributed by atoms with Crippen molar-refractivity contribution in [1.29, 1.82) is 0 Å². The highest BCUT2D eigenvalue weighted by Crippen LogP contribution is 2.25. The van der Waals surface area contributed by atoms with Crippen LogP contribution in [0.15, 0.2) is 5.03 Å². The van der Waals surface area contributed by atoms with E-state index < -0.39 is 5.97 Å². The topological polar surface area (TPSA) is 63.1 Å². The van der Waals surface area contributed by atoms with E-state index in [-0.39, 0.29) is 11.5 Å². The Morgan fingerprint density at radius 2 is 2.16 bits per heavy atom. The number of nitrogens with zero attached hydrogens (tertiary/aromatic N) is 2. The molecule has 0 aliphatic rings. The molecule has 1 aromatic rings. The Bertz CT molecular complexity index is 507. The number of carbonyl (C=O) groups is 1. The third kappa shape index (κ3) is 4.25. The third-order valence-electron chi connectivity index (χ3n) is 2.51. The summed E-state index contributed by atoms with van der Waals surface area (Å²) in [6.07, 6.45) is 6.73. The van der Waals surface area contributed by atoms with Gasteiger partial charge in [0.25, 0.3) is 0 Å². The van der Waals surface area contributed by atoms with Gasteiger partial charge in [-0.1, -0.05) is 13.8 Å². The molecule has 0 fully saturated rings. The van der Waals surface area contributed by atoms with Crippen molar-refractivity contribution in [2.75, 3.05) is 5.75 Å². The van der Waals surface area contributed by atoms with Gasteiger partial charge in [0.15, 0.2) is 0 Å². The smallest absolute Gasteiger partial charge is 0.340 e. The molecular weight excluding hydrogens is 260 g/mol. The monoisotopic (exact) mass is 278 g/mol. The van der Waals surface area contributed by atoms with Crippen LogP contribution in [0.2, 0.25) is 0 Å². The van der Waals surface area contributed by atoms with Crippen molar-refractivity contribution in [1.82, 2.24) is 9.97 Å². The molecule has 0 amide bonds. The van der Waals surface area contributed by atoms with Crippen LogP contribution in [0.25, 0.3) is 0 Å². The maximum absolute atomic E-state index is 11.3. The average Bonchev–Trinajstić information content (AvgIpc) is 2.33.